The van der Waals surface area contributed by atoms with Gasteiger partial charge in [0.1, 0.15) is 11.5 Å². The number of ether oxygens (including phenoxy) is 1. The molecule has 0 unspecified atom stereocenters. The van der Waals surface area contributed by atoms with Crippen LogP contribution in [0.1, 0.15) is 23.7 Å². The van der Waals surface area contributed by atoms with E-state index < -0.39 is 11.9 Å². The van der Waals surface area contributed by atoms with Crippen molar-refractivity contribution >= 4 is 23.3 Å². The van der Waals surface area contributed by atoms with Gasteiger partial charge in [-0.25, -0.2) is 4.79 Å². The molecule has 0 bridgehead atoms. The smallest absolute Gasteiger partial charge is 0.343 e. The lowest BCUT2D eigenvalue weighted by atomic mass is 10.2. The highest BCUT2D eigenvalue weighted by Crippen LogP contribution is 2.19. The molecule has 0 atom stereocenters. The van der Waals surface area contributed by atoms with Crippen LogP contribution in [0, 0.1) is 0 Å². The summed E-state index contributed by atoms with van der Waals surface area (Å²) in [6.45, 7) is 1.34. The van der Waals surface area contributed by atoms with E-state index in [2.05, 4.69) is 5.32 Å². The van der Waals surface area contributed by atoms with Gasteiger partial charge in [-0.3, -0.25) is 9.59 Å². The van der Waals surface area contributed by atoms with Crippen molar-refractivity contribution < 1.29 is 19.1 Å². The molecule has 0 heterocycles. The third kappa shape index (κ3) is 4.56. The highest BCUT2D eigenvalue weighted by Gasteiger charge is 2.09. The van der Waals surface area contributed by atoms with Crippen LogP contribution < -0.4 is 10.1 Å². The average Bonchev–Trinajstić information content (AvgIpc) is 2.47. The van der Waals surface area contributed by atoms with E-state index in [0.717, 1.165) is 0 Å². The zero-order chi connectivity index (χ0) is 15.9. The summed E-state index contributed by atoms with van der Waals surface area (Å²) in [5, 5.41) is 2.58. The van der Waals surface area contributed by atoms with Crippen LogP contribution in [0.4, 0.5) is 5.69 Å². The van der Waals surface area contributed by atoms with Gasteiger partial charge in [0, 0.05) is 11.8 Å². The third-order valence-electron chi connectivity index (χ3n) is 2.75. The van der Waals surface area contributed by atoms with Crippen molar-refractivity contribution in [2.45, 2.75) is 13.3 Å². The molecule has 0 saturated heterocycles. The number of benzene rings is 2. The van der Waals surface area contributed by atoms with Crippen LogP contribution in [0.15, 0.2) is 54.6 Å². The number of ketones is 1. The summed E-state index contributed by atoms with van der Waals surface area (Å²) < 4.78 is 5.25. The van der Waals surface area contributed by atoms with Gasteiger partial charge in [-0.2, -0.15) is 0 Å². The molecule has 2 aromatic rings. The Balaban J connectivity index is 2.04. The Kier molecular flexibility index (Phi) is 5.03. The minimum atomic E-state index is -0.479. The molecule has 2 aromatic carbocycles. The number of carbonyl (C=O) groups is 3. The summed E-state index contributed by atoms with van der Waals surface area (Å²) in [4.78, 5) is 34.4. The highest BCUT2D eigenvalue weighted by atomic mass is 16.5. The molecule has 1 amide bonds. The predicted molar refractivity (Wildman–Crippen MR) is 81.8 cm³/mol. The second-order valence-corrected chi connectivity index (χ2v) is 4.71. The number of nitrogens with one attached hydrogen (secondary N) is 1. The van der Waals surface area contributed by atoms with Crippen molar-refractivity contribution in [3.05, 3.63) is 60.2 Å². The van der Waals surface area contributed by atoms with Gasteiger partial charge in [-0.15, -0.1) is 0 Å². The van der Waals surface area contributed by atoms with E-state index in [0.29, 0.717) is 17.0 Å². The zero-order valence-electron chi connectivity index (χ0n) is 12.0. The Morgan fingerprint density at radius 1 is 1.00 bits per heavy atom. The van der Waals surface area contributed by atoms with Crippen LogP contribution in [0.2, 0.25) is 0 Å². The van der Waals surface area contributed by atoms with Gasteiger partial charge in [0.25, 0.3) is 0 Å². The fraction of sp³-hybridized carbons (Fsp3) is 0.118. The Labute approximate surface area is 127 Å². The number of hydrogen-bond acceptors (Lipinski definition) is 4. The molecule has 0 aliphatic rings. The summed E-state index contributed by atoms with van der Waals surface area (Å²) in [6, 6.07) is 15.0. The van der Waals surface area contributed by atoms with Gasteiger partial charge in [0.05, 0.1) is 12.0 Å². The number of hydrogen-bond donors (Lipinski definition) is 1. The second kappa shape index (κ2) is 7.17. The summed E-state index contributed by atoms with van der Waals surface area (Å²) in [5.41, 5.74) is 0.901. The van der Waals surface area contributed by atoms with Crippen molar-refractivity contribution in [3.63, 3.8) is 0 Å². The molecule has 0 aromatic heterocycles. The minimum absolute atomic E-state index is 0.186. The van der Waals surface area contributed by atoms with Crippen molar-refractivity contribution in [3.8, 4) is 5.75 Å². The largest absolute Gasteiger partial charge is 0.423 e. The van der Waals surface area contributed by atoms with Crippen LogP contribution in [-0.2, 0) is 9.59 Å². The van der Waals surface area contributed by atoms with Crippen molar-refractivity contribution in [1.29, 1.82) is 0 Å². The topological polar surface area (TPSA) is 72.5 Å². The number of amides is 1. The van der Waals surface area contributed by atoms with E-state index in [1.807, 2.05) is 6.07 Å². The number of Topliss-reactive ketones (excluding diaryl/α,β-unsaturated/α-hetero) is 1. The molecule has 0 saturated carbocycles. The van der Waals surface area contributed by atoms with E-state index in [1.165, 1.54) is 13.0 Å². The van der Waals surface area contributed by atoms with Gasteiger partial charge < -0.3 is 10.1 Å². The molecule has 5 heteroatoms. The summed E-state index contributed by atoms with van der Waals surface area (Å²) in [6.07, 6.45) is -0.186. The monoisotopic (exact) mass is 297 g/mol. The maximum absolute atomic E-state index is 11.9. The SMILES string of the molecule is CC(=O)CC(=O)Nc1cccc(OC(=O)c2ccccc2)c1. The molecule has 2 rings (SSSR count). The quantitative estimate of drug-likeness (QED) is 0.523. The number of anilines is 1. The van der Waals surface area contributed by atoms with Crippen LogP contribution >= 0.6 is 0 Å². The molecule has 0 radical (unpaired) electrons. The fourth-order valence-corrected chi connectivity index (χ4v) is 1.81. The first-order valence-electron chi connectivity index (χ1n) is 6.71. The predicted octanol–water partition coefficient (Wildman–Crippen LogP) is 2.82. The molecule has 0 spiro atoms. The molecule has 0 fully saturated rings. The van der Waals surface area contributed by atoms with Gasteiger partial charge in [0.2, 0.25) is 5.91 Å². The lowest BCUT2D eigenvalue weighted by Crippen LogP contribution is -2.15. The summed E-state index contributed by atoms with van der Waals surface area (Å²) in [7, 11) is 0. The lowest BCUT2D eigenvalue weighted by molar-refractivity contribution is -0.124. The molecular weight excluding hydrogens is 282 g/mol. The minimum Gasteiger partial charge on any atom is -0.423 e. The highest BCUT2D eigenvalue weighted by molar-refractivity contribution is 6.03. The normalized spacial score (nSPS) is 9.86. The Bertz CT molecular complexity index is 695. The molecule has 0 aliphatic carbocycles. The molecule has 112 valence electrons. The first-order valence-corrected chi connectivity index (χ1v) is 6.71. The molecule has 22 heavy (non-hydrogen) atoms. The van der Waals surface area contributed by atoms with Crippen molar-refractivity contribution in [2.24, 2.45) is 0 Å². The summed E-state index contributed by atoms with van der Waals surface area (Å²) in [5.74, 6) is -0.787. The Morgan fingerprint density at radius 3 is 2.41 bits per heavy atom. The van der Waals surface area contributed by atoms with Gasteiger partial charge in [-0.05, 0) is 31.2 Å². The third-order valence-corrected chi connectivity index (χ3v) is 2.75. The first-order chi connectivity index (χ1) is 10.5. The van der Waals surface area contributed by atoms with E-state index in [-0.39, 0.29) is 12.2 Å². The maximum Gasteiger partial charge on any atom is 0.343 e. The molecule has 5 nitrogen and oxygen atoms in total. The van der Waals surface area contributed by atoms with E-state index in [1.54, 1.807) is 42.5 Å². The van der Waals surface area contributed by atoms with Gasteiger partial charge in [0.15, 0.2) is 0 Å². The van der Waals surface area contributed by atoms with Gasteiger partial charge >= 0.3 is 5.97 Å². The first kappa shape index (κ1) is 15.4. The number of rotatable bonds is 5. The van der Waals surface area contributed by atoms with Crippen LogP contribution in [-0.4, -0.2) is 17.7 Å². The molecule has 1 N–H and O–H groups in total. The average molecular weight is 297 g/mol. The second-order valence-electron chi connectivity index (χ2n) is 4.71. The standard InChI is InChI=1S/C17H15NO4/c1-12(19)10-16(20)18-14-8-5-9-15(11-14)22-17(21)13-6-3-2-4-7-13/h2-9,11H,10H2,1H3,(H,18,20). The van der Waals surface area contributed by atoms with E-state index in [9.17, 15) is 14.4 Å². The molecule has 0 aliphatic heterocycles. The summed E-state index contributed by atoms with van der Waals surface area (Å²) >= 11 is 0. The zero-order valence-corrected chi connectivity index (χ0v) is 12.0. The Hall–Kier alpha value is -2.95. The van der Waals surface area contributed by atoms with Crippen LogP contribution in [0.5, 0.6) is 5.75 Å². The number of carbonyl (C=O) groups excluding carboxylic acids is 3. The number of esters is 1. The van der Waals surface area contributed by atoms with Gasteiger partial charge in [-0.1, -0.05) is 24.3 Å². The molecular formula is C17H15NO4. The van der Waals surface area contributed by atoms with Crippen LogP contribution in [0.25, 0.3) is 0 Å². The fourth-order valence-electron chi connectivity index (χ4n) is 1.81. The maximum atomic E-state index is 11.9. The van der Waals surface area contributed by atoms with Crippen molar-refractivity contribution in [1.82, 2.24) is 0 Å². The van der Waals surface area contributed by atoms with E-state index >= 15 is 0 Å². The Morgan fingerprint density at radius 2 is 1.73 bits per heavy atom. The van der Waals surface area contributed by atoms with E-state index in [4.69, 9.17) is 4.74 Å². The lowest BCUT2D eigenvalue weighted by Gasteiger charge is -2.07. The van der Waals surface area contributed by atoms with Crippen LogP contribution in [0.3, 0.4) is 0 Å². The van der Waals surface area contributed by atoms with Crippen molar-refractivity contribution in [2.75, 3.05) is 5.32 Å².